The maximum atomic E-state index is 12.7. The molecule has 3 rings (SSSR count). The molecule has 0 N–H and O–H groups in total. The summed E-state index contributed by atoms with van der Waals surface area (Å²) in [6.07, 6.45) is 3.90. The Morgan fingerprint density at radius 3 is 2.83 bits per heavy atom. The second kappa shape index (κ2) is 6.99. The van der Waals surface area contributed by atoms with E-state index in [1.54, 1.807) is 6.20 Å². The van der Waals surface area contributed by atoms with Gasteiger partial charge in [-0.1, -0.05) is 25.1 Å². The van der Waals surface area contributed by atoms with Crippen molar-refractivity contribution in [3.05, 3.63) is 36.5 Å². The highest BCUT2D eigenvalue weighted by Gasteiger charge is 2.25. The molecule has 0 aliphatic carbocycles. The average molecular weight is 325 g/mol. The fraction of sp³-hybridized carbons (Fsp3) is 0.421. The van der Waals surface area contributed by atoms with Crippen LogP contribution in [0.5, 0.6) is 0 Å². The molecular formula is C19H23N3O2. The highest BCUT2D eigenvalue weighted by Crippen LogP contribution is 2.25. The van der Waals surface area contributed by atoms with Gasteiger partial charge in [-0.05, 0) is 30.9 Å². The van der Waals surface area contributed by atoms with E-state index in [-0.39, 0.29) is 18.4 Å². The number of para-hydroxylation sites is 1. The van der Waals surface area contributed by atoms with Crippen molar-refractivity contribution in [2.24, 2.45) is 5.92 Å². The van der Waals surface area contributed by atoms with Crippen molar-refractivity contribution in [1.82, 2.24) is 9.88 Å². The highest BCUT2D eigenvalue weighted by molar-refractivity contribution is 6.04. The van der Waals surface area contributed by atoms with Gasteiger partial charge in [-0.2, -0.15) is 0 Å². The smallest absolute Gasteiger partial charge is 0.242 e. The second-order valence-electron chi connectivity index (χ2n) is 6.54. The predicted octanol–water partition coefficient (Wildman–Crippen LogP) is 2.85. The normalized spacial score (nSPS) is 17.8. The molecule has 0 spiro atoms. The van der Waals surface area contributed by atoms with E-state index in [4.69, 9.17) is 0 Å². The van der Waals surface area contributed by atoms with Gasteiger partial charge in [-0.25, -0.2) is 0 Å². The van der Waals surface area contributed by atoms with Gasteiger partial charge in [0.15, 0.2) is 0 Å². The number of fused-ring (bicyclic) bond motifs is 1. The van der Waals surface area contributed by atoms with E-state index in [2.05, 4.69) is 11.9 Å². The molecule has 1 unspecified atom stereocenters. The van der Waals surface area contributed by atoms with Crippen molar-refractivity contribution >= 4 is 28.4 Å². The quantitative estimate of drug-likeness (QED) is 0.872. The van der Waals surface area contributed by atoms with E-state index in [0.29, 0.717) is 11.6 Å². The summed E-state index contributed by atoms with van der Waals surface area (Å²) >= 11 is 0. The summed E-state index contributed by atoms with van der Waals surface area (Å²) in [5.41, 5.74) is 1.44. The molecule has 2 aromatic rings. The van der Waals surface area contributed by atoms with Gasteiger partial charge >= 0.3 is 0 Å². The van der Waals surface area contributed by atoms with E-state index in [0.717, 1.165) is 36.8 Å². The average Bonchev–Trinajstić information content (AvgIpc) is 2.59. The summed E-state index contributed by atoms with van der Waals surface area (Å²) in [7, 11) is 0. The number of anilines is 1. The summed E-state index contributed by atoms with van der Waals surface area (Å²) in [5, 5.41) is 0.959. The van der Waals surface area contributed by atoms with Gasteiger partial charge in [-0.15, -0.1) is 0 Å². The molecule has 1 aliphatic heterocycles. The van der Waals surface area contributed by atoms with Crippen LogP contribution in [0, 0.1) is 5.92 Å². The Morgan fingerprint density at radius 2 is 2.08 bits per heavy atom. The Hall–Kier alpha value is -2.43. The van der Waals surface area contributed by atoms with Crippen molar-refractivity contribution in [2.75, 3.05) is 24.5 Å². The molecule has 126 valence electrons. The molecule has 5 nitrogen and oxygen atoms in total. The summed E-state index contributed by atoms with van der Waals surface area (Å²) in [6.45, 7) is 5.28. The maximum absolute atomic E-state index is 12.7. The van der Waals surface area contributed by atoms with E-state index < -0.39 is 0 Å². The number of hydrogen-bond donors (Lipinski definition) is 0. The Bertz CT molecular complexity index is 754. The molecule has 2 amide bonds. The number of carbonyl (C=O) groups excluding carboxylic acids is 2. The number of amides is 2. The van der Waals surface area contributed by atoms with Crippen LogP contribution >= 0.6 is 0 Å². The Kier molecular flexibility index (Phi) is 4.79. The first-order valence-corrected chi connectivity index (χ1v) is 8.46. The molecule has 1 aliphatic rings. The van der Waals surface area contributed by atoms with Gasteiger partial charge in [0.25, 0.3) is 0 Å². The third-order valence-electron chi connectivity index (χ3n) is 4.59. The van der Waals surface area contributed by atoms with Crippen LogP contribution in [0.4, 0.5) is 5.69 Å². The van der Waals surface area contributed by atoms with E-state index in [9.17, 15) is 9.59 Å². The minimum Gasteiger partial charge on any atom is -0.341 e. The predicted molar refractivity (Wildman–Crippen MR) is 94.7 cm³/mol. The lowest BCUT2D eigenvalue weighted by Crippen LogP contribution is -2.46. The fourth-order valence-corrected chi connectivity index (χ4v) is 3.32. The second-order valence-corrected chi connectivity index (χ2v) is 6.54. The molecule has 24 heavy (non-hydrogen) atoms. The number of aromatic nitrogens is 1. The van der Waals surface area contributed by atoms with Gasteiger partial charge in [0, 0.05) is 31.6 Å². The van der Waals surface area contributed by atoms with Crippen LogP contribution in [-0.4, -0.2) is 41.3 Å². The van der Waals surface area contributed by atoms with Gasteiger partial charge in [0.2, 0.25) is 11.8 Å². The van der Waals surface area contributed by atoms with E-state index in [1.165, 1.54) is 11.8 Å². The third-order valence-corrected chi connectivity index (χ3v) is 4.59. The molecule has 0 bridgehead atoms. The molecule has 1 saturated heterocycles. The van der Waals surface area contributed by atoms with Crippen molar-refractivity contribution in [3.8, 4) is 0 Å². The molecular weight excluding hydrogens is 302 g/mol. The number of carbonyl (C=O) groups is 2. The number of likely N-dealkylation sites (tertiary alicyclic amines) is 1. The van der Waals surface area contributed by atoms with Gasteiger partial charge < -0.3 is 9.80 Å². The largest absolute Gasteiger partial charge is 0.341 e. The first kappa shape index (κ1) is 16.4. The van der Waals surface area contributed by atoms with Gasteiger partial charge in [0.1, 0.15) is 6.54 Å². The Morgan fingerprint density at radius 1 is 1.29 bits per heavy atom. The molecule has 1 atom stereocenters. The molecule has 2 heterocycles. The number of benzene rings is 1. The zero-order valence-electron chi connectivity index (χ0n) is 14.2. The lowest BCUT2D eigenvalue weighted by atomic mass is 10.0. The zero-order chi connectivity index (χ0) is 17.1. The monoisotopic (exact) mass is 325 g/mol. The first-order chi connectivity index (χ1) is 11.6. The van der Waals surface area contributed by atoms with E-state index in [1.807, 2.05) is 35.2 Å². The molecule has 0 saturated carbocycles. The minimum atomic E-state index is -0.147. The number of nitrogens with zero attached hydrogens (tertiary/aromatic N) is 3. The van der Waals surface area contributed by atoms with Crippen LogP contribution in [0.25, 0.3) is 10.9 Å². The molecule has 1 aromatic heterocycles. The van der Waals surface area contributed by atoms with Crippen LogP contribution in [0.1, 0.15) is 26.7 Å². The standard InChI is InChI=1S/C19H23N3O2/c1-14-6-5-11-21(12-14)18(24)13-22(15(2)23)17-9-3-7-16-8-4-10-20-19(16)17/h3-4,7-10,14H,5-6,11-13H2,1-2H3. The molecule has 0 radical (unpaired) electrons. The van der Waals surface area contributed by atoms with Gasteiger partial charge in [-0.3, -0.25) is 14.6 Å². The maximum Gasteiger partial charge on any atom is 0.242 e. The van der Waals surface area contributed by atoms with Crippen molar-refractivity contribution in [1.29, 1.82) is 0 Å². The number of piperidine rings is 1. The summed E-state index contributed by atoms with van der Waals surface area (Å²) in [4.78, 5) is 32.7. The van der Waals surface area contributed by atoms with Crippen molar-refractivity contribution < 1.29 is 9.59 Å². The Balaban J connectivity index is 1.87. The number of hydrogen-bond acceptors (Lipinski definition) is 3. The van der Waals surface area contributed by atoms with Crippen LogP contribution in [0.2, 0.25) is 0 Å². The molecule has 5 heteroatoms. The van der Waals surface area contributed by atoms with Crippen LogP contribution in [-0.2, 0) is 9.59 Å². The molecule has 1 aromatic carbocycles. The topological polar surface area (TPSA) is 53.5 Å². The highest BCUT2D eigenvalue weighted by atomic mass is 16.2. The van der Waals surface area contributed by atoms with Crippen molar-refractivity contribution in [3.63, 3.8) is 0 Å². The minimum absolute atomic E-state index is 0.00434. The van der Waals surface area contributed by atoms with Crippen LogP contribution in [0.3, 0.4) is 0 Å². The molecule has 1 fully saturated rings. The van der Waals surface area contributed by atoms with Crippen molar-refractivity contribution in [2.45, 2.75) is 26.7 Å². The van der Waals surface area contributed by atoms with Gasteiger partial charge in [0.05, 0.1) is 11.2 Å². The lowest BCUT2D eigenvalue weighted by Gasteiger charge is -2.33. The number of pyridine rings is 1. The van der Waals surface area contributed by atoms with Crippen LogP contribution in [0.15, 0.2) is 36.5 Å². The third kappa shape index (κ3) is 3.40. The SMILES string of the molecule is CC(=O)N(CC(=O)N1CCCC(C)C1)c1cccc2cccnc12. The Labute approximate surface area is 142 Å². The lowest BCUT2D eigenvalue weighted by molar-refractivity contribution is -0.132. The zero-order valence-corrected chi connectivity index (χ0v) is 14.2. The van der Waals surface area contributed by atoms with E-state index >= 15 is 0 Å². The first-order valence-electron chi connectivity index (χ1n) is 8.46. The summed E-state index contributed by atoms with van der Waals surface area (Å²) < 4.78 is 0. The number of rotatable bonds is 3. The summed E-state index contributed by atoms with van der Waals surface area (Å²) in [5.74, 6) is 0.379. The van der Waals surface area contributed by atoms with Crippen LogP contribution < -0.4 is 4.90 Å². The fourth-order valence-electron chi connectivity index (χ4n) is 3.32. The summed E-state index contributed by atoms with van der Waals surface area (Å²) in [6, 6.07) is 9.52.